The van der Waals surface area contributed by atoms with Crippen molar-refractivity contribution < 1.29 is 9.53 Å². The van der Waals surface area contributed by atoms with Gasteiger partial charge in [0.1, 0.15) is 5.60 Å². The number of fused-ring (bicyclic) bond motifs is 3. The Balaban J connectivity index is 1.60. The van der Waals surface area contributed by atoms with E-state index in [2.05, 4.69) is 30.9 Å². The second-order valence-corrected chi connectivity index (χ2v) is 7.70. The number of hydrazone groups is 1. The van der Waals surface area contributed by atoms with Gasteiger partial charge in [-0.15, -0.1) is 0 Å². The molecule has 0 saturated heterocycles. The molecule has 10 nitrogen and oxygen atoms in total. The Kier molecular flexibility index (Phi) is 5.14. The maximum Gasteiger partial charge on any atom is 0.258 e. The van der Waals surface area contributed by atoms with Gasteiger partial charge in [-0.1, -0.05) is 23.2 Å². The Bertz CT molecular complexity index is 1190. The molecule has 30 heavy (non-hydrogen) atoms. The Morgan fingerprint density at radius 1 is 1.33 bits per heavy atom. The summed E-state index contributed by atoms with van der Waals surface area (Å²) in [5.74, 6) is -0.111. The molecule has 1 amide bonds. The summed E-state index contributed by atoms with van der Waals surface area (Å²) in [7, 11) is 0. The quantitative estimate of drug-likeness (QED) is 0.406. The highest BCUT2D eigenvalue weighted by Crippen LogP contribution is 2.43. The van der Waals surface area contributed by atoms with Crippen LogP contribution in [0.3, 0.4) is 0 Å². The van der Waals surface area contributed by atoms with Crippen molar-refractivity contribution in [2.45, 2.75) is 25.6 Å². The minimum absolute atomic E-state index is 0.248. The van der Waals surface area contributed by atoms with E-state index >= 15 is 0 Å². The number of carbonyl (C=O) groups excluding carboxylic acids is 1. The zero-order valence-corrected chi connectivity index (χ0v) is 17.4. The molecular formula is C18H16Cl2N8O2. The van der Waals surface area contributed by atoms with E-state index in [4.69, 9.17) is 33.3 Å². The van der Waals surface area contributed by atoms with Crippen LogP contribution in [0.4, 0.5) is 11.5 Å². The third-order valence-electron chi connectivity index (χ3n) is 4.41. The van der Waals surface area contributed by atoms with Gasteiger partial charge < -0.3 is 15.5 Å². The summed E-state index contributed by atoms with van der Waals surface area (Å²) in [6.45, 7) is 3.70. The molecule has 0 aliphatic carbocycles. The minimum atomic E-state index is -0.899. The van der Waals surface area contributed by atoms with Crippen LogP contribution in [-0.2, 0) is 15.1 Å². The van der Waals surface area contributed by atoms with Gasteiger partial charge in [-0.25, -0.2) is 14.5 Å². The summed E-state index contributed by atoms with van der Waals surface area (Å²) >= 11 is 12.2. The average Bonchev–Trinajstić information content (AvgIpc) is 3.19. The Labute approximate surface area is 180 Å². The highest BCUT2D eigenvalue weighted by atomic mass is 35.5. The second kappa shape index (κ2) is 7.63. The van der Waals surface area contributed by atoms with Gasteiger partial charge in [-0.2, -0.15) is 10.2 Å². The van der Waals surface area contributed by atoms with Gasteiger partial charge in [0.2, 0.25) is 0 Å². The molecule has 0 saturated carbocycles. The number of rotatable bonds is 5. The van der Waals surface area contributed by atoms with Crippen molar-refractivity contribution in [3.05, 3.63) is 46.0 Å². The van der Waals surface area contributed by atoms with E-state index in [1.165, 1.54) is 18.5 Å². The van der Waals surface area contributed by atoms with Crippen molar-refractivity contribution in [3.8, 4) is 0 Å². The van der Waals surface area contributed by atoms with Crippen molar-refractivity contribution >= 4 is 58.7 Å². The zero-order valence-electron chi connectivity index (χ0n) is 15.8. The molecule has 1 aliphatic heterocycles. The van der Waals surface area contributed by atoms with Gasteiger partial charge in [0.05, 0.1) is 28.8 Å². The molecule has 4 rings (SSSR count). The summed E-state index contributed by atoms with van der Waals surface area (Å²) in [6, 6.07) is 3.17. The maximum absolute atomic E-state index is 13.0. The first kappa shape index (κ1) is 20.2. The summed E-state index contributed by atoms with van der Waals surface area (Å²) in [6.07, 6.45) is 4.38. The van der Waals surface area contributed by atoms with Crippen molar-refractivity contribution in [2.75, 3.05) is 10.7 Å². The third kappa shape index (κ3) is 3.60. The number of hydrogen-bond acceptors (Lipinski definition) is 8. The molecule has 0 bridgehead atoms. The van der Waals surface area contributed by atoms with E-state index in [0.717, 1.165) is 6.21 Å². The molecule has 1 atom stereocenters. The number of anilines is 2. The van der Waals surface area contributed by atoms with E-state index in [9.17, 15) is 4.79 Å². The number of amides is 1. The molecule has 12 heteroatoms. The fourth-order valence-corrected chi connectivity index (χ4v) is 3.64. The van der Waals surface area contributed by atoms with Gasteiger partial charge in [0.25, 0.3) is 5.91 Å². The molecule has 3 aromatic rings. The summed E-state index contributed by atoms with van der Waals surface area (Å²) in [5.41, 5.74) is 4.08. The highest BCUT2D eigenvalue weighted by molar-refractivity contribution is 6.33. The molecular weight excluding hydrogens is 431 g/mol. The molecule has 1 unspecified atom stereocenters. The van der Waals surface area contributed by atoms with Crippen molar-refractivity contribution in [3.63, 3.8) is 0 Å². The molecule has 0 fully saturated rings. The van der Waals surface area contributed by atoms with E-state index in [1.54, 1.807) is 16.8 Å². The fraction of sp³-hybridized carbons (Fsp3) is 0.222. The van der Waals surface area contributed by atoms with Crippen LogP contribution in [-0.4, -0.2) is 37.9 Å². The molecule has 3 aromatic heterocycles. The molecule has 0 radical (unpaired) electrons. The number of ether oxygens (including phenoxy) is 1. The second-order valence-electron chi connectivity index (χ2n) is 6.91. The lowest BCUT2D eigenvalue weighted by Crippen LogP contribution is -2.24. The van der Waals surface area contributed by atoms with Crippen LogP contribution >= 0.6 is 23.2 Å². The summed E-state index contributed by atoms with van der Waals surface area (Å²) in [5, 5.41) is 18.2. The lowest BCUT2D eigenvalue weighted by atomic mass is 10.0. The van der Waals surface area contributed by atoms with Gasteiger partial charge in [0.15, 0.2) is 22.7 Å². The van der Waals surface area contributed by atoms with Gasteiger partial charge in [0, 0.05) is 24.0 Å². The maximum atomic E-state index is 13.0. The van der Waals surface area contributed by atoms with Gasteiger partial charge in [-0.05, 0) is 19.9 Å². The van der Waals surface area contributed by atoms with E-state index in [1.807, 2.05) is 13.8 Å². The molecule has 4 heterocycles. The number of aromatic nitrogens is 4. The number of hydrogen-bond donors (Lipinski definition) is 3. The lowest BCUT2D eigenvalue weighted by Gasteiger charge is -2.20. The Morgan fingerprint density at radius 2 is 2.13 bits per heavy atom. The van der Waals surface area contributed by atoms with Crippen molar-refractivity contribution in [1.82, 2.24) is 19.6 Å². The number of carbonyl (C=O) groups is 1. The highest BCUT2D eigenvalue weighted by Gasteiger charge is 2.44. The number of nitrogens with one attached hydrogen (secondary N) is 3. The molecule has 154 valence electrons. The van der Waals surface area contributed by atoms with Gasteiger partial charge in [-0.3, -0.25) is 10.2 Å². The first-order valence-corrected chi connectivity index (χ1v) is 9.53. The molecule has 1 aliphatic rings. The standard InChI is InChI=1S/C18H16Cl2N8O2/c1-18(2)15-10(8-22-13-6-12(20)27-28(13)15)14(30-18)17(29)25-9-5-11(19)16(23-7-9)26-24-4-3-21/h3-8,14,21H,1-2H3,(H,23,26)(H,25,29)/b21-3?,24-4-. The Hall–Kier alpha value is -3.08. The SMILES string of the molecule is CC1(C)OC(C(=O)Nc2cnc(N/N=C\C=N)c(Cl)c2)c2cnc3cc(Cl)nn3c21. The smallest absolute Gasteiger partial charge is 0.258 e. The van der Waals surface area contributed by atoms with Gasteiger partial charge >= 0.3 is 0 Å². The normalized spacial score (nSPS) is 17.3. The third-order valence-corrected chi connectivity index (χ3v) is 4.89. The van der Waals surface area contributed by atoms with E-state index in [0.29, 0.717) is 33.6 Å². The minimum Gasteiger partial charge on any atom is -0.351 e. The van der Waals surface area contributed by atoms with Crippen LogP contribution in [0.5, 0.6) is 0 Å². The van der Waals surface area contributed by atoms with E-state index in [-0.39, 0.29) is 5.02 Å². The lowest BCUT2D eigenvalue weighted by molar-refractivity contribution is -0.135. The number of nitrogens with zero attached hydrogens (tertiary/aromatic N) is 5. The summed E-state index contributed by atoms with van der Waals surface area (Å²) < 4.78 is 7.62. The predicted octanol–water partition coefficient (Wildman–Crippen LogP) is 3.42. The fourth-order valence-electron chi connectivity index (χ4n) is 3.25. The zero-order chi connectivity index (χ0) is 21.5. The monoisotopic (exact) mass is 446 g/mol. The number of pyridine rings is 1. The molecule has 3 N–H and O–H groups in total. The summed E-state index contributed by atoms with van der Waals surface area (Å²) in [4.78, 5) is 21.4. The topological polar surface area (TPSA) is 130 Å². The molecule has 0 aromatic carbocycles. The van der Waals surface area contributed by atoms with Crippen molar-refractivity contribution in [2.24, 2.45) is 5.10 Å². The first-order valence-electron chi connectivity index (χ1n) is 8.77. The van der Waals surface area contributed by atoms with Crippen LogP contribution in [0.25, 0.3) is 5.65 Å². The largest absolute Gasteiger partial charge is 0.351 e. The van der Waals surface area contributed by atoms with Crippen molar-refractivity contribution in [1.29, 1.82) is 5.41 Å². The first-order chi connectivity index (χ1) is 14.3. The van der Waals surface area contributed by atoms with Crippen LogP contribution in [0.2, 0.25) is 10.2 Å². The molecule has 0 spiro atoms. The average molecular weight is 447 g/mol. The van der Waals surface area contributed by atoms with Crippen LogP contribution in [0, 0.1) is 5.41 Å². The van der Waals surface area contributed by atoms with Crippen LogP contribution in [0.1, 0.15) is 31.2 Å². The van der Waals surface area contributed by atoms with Crippen LogP contribution < -0.4 is 10.7 Å². The predicted molar refractivity (Wildman–Crippen MR) is 114 cm³/mol. The Morgan fingerprint density at radius 3 is 2.87 bits per heavy atom. The number of halogens is 2. The van der Waals surface area contributed by atoms with E-state index < -0.39 is 17.6 Å². The van der Waals surface area contributed by atoms with Crippen LogP contribution in [0.15, 0.2) is 29.6 Å².